The summed E-state index contributed by atoms with van der Waals surface area (Å²) in [5.41, 5.74) is 5.58. The van der Waals surface area contributed by atoms with Gasteiger partial charge in [-0.25, -0.2) is 9.97 Å². The lowest BCUT2D eigenvalue weighted by atomic mass is 9.98. The van der Waals surface area contributed by atoms with Crippen LogP contribution in [0.4, 0.5) is 5.82 Å². The fraction of sp³-hybridized carbons (Fsp3) is 0.281. The maximum atomic E-state index is 6.26. The molecule has 0 spiro atoms. The first kappa shape index (κ1) is 25.6. The minimum Gasteiger partial charge on any atom is -0.430 e. The van der Waals surface area contributed by atoms with Crippen molar-refractivity contribution in [3.8, 4) is 22.8 Å². The molecule has 0 bridgehead atoms. The fourth-order valence-corrected chi connectivity index (χ4v) is 4.78. The van der Waals surface area contributed by atoms with Crippen LogP contribution in [0.5, 0.6) is 0 Å². The normalized spacial score (nSPS) is 12.4. The molecule has 6 heteroatoms. The predicted molar refractivity (Wildman–Crippen MR) is 155 cm³/mol. The van der Waals surface area contributed by atoms with Crippen molar-refractivity contribution in [3.63, 3.8) is 0 Å². The fourth-order valence-electron chi connectivity index (χ4n) is 4.78. The third-order valence-corrected chi connectivity index (χ3v) is 7.01. The van der Waals surface area contributed by atoms with Crippen molar-refractivity contribution >= 4 is 17.0 Å². The van der Waals surface area contributed by atoms with Crippen molar-refractivity contribution in [2.24, 2.45) is 0 Å². The van der Waals surface area contributed by atoms with Crippen LogP contribution in [-0.2, 0) is 0 Å². The summed E-state index contributed by atoms with van der Waals surface area (Å²) < 4.78 is 6.26. The number of anilines is 1. The number of rotatable bonds is 10. The minimum absolute atomic E-state index is 0.174. The van der Waals surface area contributed by atoms with Crippen LogP contribution in [0.2, 0.25) is 0 Å². The standard InChI is InChI=1S/C32H35N5O/c1-5-37(6-2)27(24-19-17-23(18-20-24)22(3)4)21-33-30-28-31(35-29(34-30)25-13-9-7-10-14-25)36-32(38-28)26-15-11-8-12-16-26/h7-20,22,27H,5-6,21H2,1-4H3,(H,33,34,35). The molecule has 0 radical (unpaired) electrons. The van der Waals surface area contributed by atoms with Gasteiger partial charge in [-0.05, 0) is 42.3 Å². The molecule has 38 heavy (non-hydrogen) atoms. The number of nitrogens with zero attached hydrogens (tertiary/aromatic N) is 4. The number of hydrogen-bond donors (Lipinski definition) is 1. The second-order valence-corrected chi connectivity index (χ2v) is 9.74. The zero-order valence-electron chi connectivity index (χ0n) is 22.6. The molecule has 2 heterocycles. The molecule has 0 aliphatic rings. The van der Waals surface area contributed by atoms with Crippen LogP contribution in [0, 0.1) is 0 Å². The molecule has 0 fully saturated rings. The van der Waals surface area contributed by atoms with Gasteiger partial charge in [0.25, 0.3) is 0 Å². The topological polar surface area (TPSA) is 67.1 Å². The number of oxazole rings is 1. The number of aromatic nitrogens is 3. The number of likely N-dealkylation sites (N-methyl/N-ethyl adjacent to an activating group) is 1. The predicted octanol–water partition coefficient (Wildman–Crippen LogP) is 7.57. The number of benzene rings is 3. The van der Waals surface area contributed by atoms with Crippen molar-refractivity contribution in [1.82, 2.24) is 19.9 Å². The van der Waals surface area contributed by atoms with Crippen LogP contribution in [-0.4, -0.2) is 39.5 Å². The van der Waals surface area contributed by atoms with Gasteiger partial charge in [0.05, 0.1) is 6.04 Å². The van der Waals surface area contributed by atoms with Crippen LogP contribution in [0.25, 0.3) is 34.1 Å². The summed E-state index contributed by atoms with van der Waals surface area (Å²) in [6, 6.07) is 29.1. The summed E-state index contributed by atoms with van der Waals surface area (Å²) in [5, 5.41) is 3.62. The van der Waals surface area contributed by atoms with E-state index in [4.69, 9.17) is 19.4 Å². The van der Waals surface area contributed by atoms with E-state index in [-0.39, 0.29) is 6.04 Å². The highest BCUT2D eigenvalue weighted by molar-refractivity contribution is 5.85. The van der Waals surface area contributed by atoms with E-state index in [2.05, 4.69) is 62.2 Å². The maximum Gasteiger partial charge on any atom is 0.229 e. The van der Waals surface area contributed by atoms with E-state index in [1.807, 2.05) is 60.7 Å². The average Bonchev–Trinajstić information content (AvgIpc) is 3.41. The second-order valence-electron chi connectivity index (χ2n) is 9.74. The van der Waals surface area contributed by atoms with Gasteiger partial charge in [-0.1, -0.05) is 100 Å². The summed E-state index contributed by atoms with van der Waals surface area (Å²) in [6.45, 7) is 11.4. The van der Waals surface area contributed by atoms with E-state index in [9.17, 15) is 0 Å². The van der Waals surface area contributed by atoms with Crippen LogP contribution >= 0.6 is 0 Å². The van der Waals surface area contributed by atoms with E-state index in [0.29, 0.717) is 41.2 Å². The molecule has 0 saturated carbocycles. The van der Waals surface area contributed by atoms with Crippen molar-refractivity contribution in [1.29, 1.82) is 0 Å². The van der Waals surface area contributed by atoms with E-state index in [1.54, 1.807) is 0 Å². The highest BCUT2D eigenvalue weighted by Crippen LogP contribution is 2.31. The van der Waals surface area contributed by atoms with Gasteiger partial charge in [-0.15, -0.1) is 0 Å². The SMILES string of the molecule is CCN(CC)C(CNc1nc(-c2ccccc2)nc2nc(-c3ccccc3)oc12)c1ccc(C(C)C)cc1. The Morgan fingerprint density at radius 2 is 1.34 bits per heavy atom. The molecule has 5 rings (SSSR count). The molecule has 5 aromatic rings. The van der Waals surface area contributed by atoms with Gasteiger partial charge < -0.3 is 9.73 Å². The summed E-state index contributed by atoms with van der Waals surface area (Å²) in [6.07, 6.45) is 0. The molecule has 194 valence electrons. The number of nitrogens with one attached hydrogen (secondary N) is 1. The lowest BCUT2D eigenvalue weighted by Gasteiger charge is -2.30. The van der Waals surface area contributed by atoms with E-state index in [1.165, 1.54) is 11.1 Å². The van der Waals surface area contributed by atoms with Crippen molar-refractivity contribution in [3.05, 3.63) is 96.1 Å². The van der Waals surface area contributed by atoms with Crippen LogP contribution in [0.15, 0.2) is 89.3 Å². The first-order valence-electron chi connectivity index (χ1n) is 13.4. The zero-order chi connectivity index (χ0) is 26.5. The van der Waals surface area contributed by atoms with Gasteiger partial charge in [0.2, 0.25) is 17.1 Å². The molecule has 0 saturated heterocycles. The van der Waals surface area contributed by atoms with Gasteiger partial charge in [0.15, 0.2) is 11.6 Å². The summed E-state index contributed by atoms with van der Waals surface area (Å²) in [7, 11) is 0. The number of hydrogen-bond acceptors (Lipinski definition) is 6. The first-order valence-corrected chi connectivity index (χ1v) is 13.4. The van der Waals surface area contributed by atoms with Crippen molar-refractivity contribution in [2.75, 3.05) is 25.0 Å². The maximum absolute atomic E-state index is 6.26. The van der Waals surface area contributed by atoms with Crippen molar-refractivity contribution < 1.29 is 4.42 Å². The quantitative estimate of drug-likeness (QED) is 0.211. The Labute approximate surface area is 224 Å². The van der Waals surface area contributed by atoms with Gasteiger partial charge in [-0.3, -0.25) is 4.90 Å². The first-order chi connectivity index (χ1) is 18.6. The Morgan fingerprint density at radius 3 is 1.95 bits per heavy atom. The Balaban J connectivity index is 1.53. The van der Waals surface area contributed by atoms with Crippen LogP contribution < -0.4 is 5.32 Å². The highest BCUT2D eigenvalue weighted by Gasteiger charge is 2.22. The van der Waals surface area contributed by atoms with Crippen molar-refractivity contribution in [2.45, 2.75) is 39.7 Å². The van der Waals surface area contributed by atoms with Crippen LogP contribution in [0.1, 0.15) is 50.8 Å². The lowest BCUT2D eigenvalue weighted by molar-refractivity contribution is 0.228. The average molecular weight is 506 g/mol. The third-order valence-electron chi connectivity index (χ3n) is 7.01. The summed E-state index contributed by atoms with van der Waals surface area (Å²) in [4.78, 5) is 16.9. The molecular weight excluding hydrogens is 470 g/mol. The molecule has 2 aromatic heterocycles. The minimum atomic E-state index is 0.174. The highest BCUT2D eigenvalue weighted by atomic mass is 16.3. The molecule has 0 aliphatic carbocycles. The monoisotopic (exact) mass is 505 g/mol. The van der Waals surface area contributed by atoms with E-state index < -0.39 is 0 Å². The number of fused-ring (bicyclic) bond motifs is 1. The zero-order valence-corrected chi connectivity index (χ0v) is 22.6. The van der Waals surface area contributed by atoms with Gasteiger partial charge in [-0.2, -0.15) is 4.98 Å². The molecule has 0 aliphatic heterocycles. The van der Waals surface area contributed by atoms with Gasteiger partial charge in [0, 0.05) is 17.7 Å². The largest absolute Gasteiger partial charge is 0.430 e. The molecule has 1 unspecified atom stereocenters. The molecule has 6 nitrogen and oxygen atoms in total. The van der Waals surface area contributed by atoms with E-state index >= 15 is 0 Å². The Bertz CT molecular complexity index is 1460. The lowest BCUT2D eigenvalue weighted by Crippen LogP contribution is -2.33. The summed E-state index contributed by atoms with van der Waals surface area (Å²) >= 11 is 0. The van der Waals surface area contributed by atoms with Gasteiger partial charge >= 0.3 is 0 Å². The Morgan fingerprint density at radius 1 is 0.737 bits per heavy atom. The molecule has 1 atom stereocenters. The smallest absolute Gasteiger partial charge is 0.229 e. The molecular formula is C32H35N5O. The second kappa shape index (κ2) is 11.6. The van der Waals surface area contributed by atoms with Crippen LogP contribution in [0.3, 0.4) is 0 Å². The molecule has 1 N–H and O–H groups in total. The molecule has 0 amide bonds. The summed E-state index contributed by atoms with van der Waals surface area (Å²) in [5.74, 6) is 2.31. The Kier molecular flexibility index (Phi) is 7.80. The molecule has 3 aromatic carbocycles. The van der Waals surface area contributed by atoms with E-state index in [0.717, 1.165) is 24.2 Å². The third kappa shape index (κ3) is 5.46. The Hall–Kier alpha value is -4.03. The van der Waals surface area contributed by atoms with Gasteiger partial charge in [0.1, 0.15) is 0 Å².